The zero-order chi connectivity index (χ0) is 10.6. The minimum Gasteiger partial charge on any atom is -0.480 e. The van der Waals surface area contributed by atoms with Crippen LogP contribution in [0.15, 0.2) is 24.3 Å². The van der Waals surface area contributed by atoms with Crippen molar-refractivity contribution in [1.82, 2.24) is 0 Å². The molecule has 76 valence electrons. The molecule has 0 bridgehead atoms. The van der Waals surface area contributed by atoms with E-state index in [4.69, 9.17) is 10.8 Å². The Hall–Kier alpha value is -1.35. The van der Waals surface area contributed by atoms with Crippen LogP contribution in [0, 0.1) is 0 Å². The van der Waals surface area contributed by atoms with Crippen LogP contribution >= 0.6 is 0 Å². The number of carboxylic acids is 1. The molecule has 1 aromatic carbocycles. The first-order valence-electron chi connectivity index (χ1n) is 4.69. The number of hydrogen-bond donors (Lipinski definition) is 2. The Morgan fingerprint density at radius 3 is 2.29 bits per heavy atom. The van der Waals surface area contributed by atoms with Crippen LogP contribution in [-0.2, 0) is 17.6 Å². The van der Waals surface area contributed by atoms with Crippen molar-refractivity contribution in [2.75, 3.05) is 0 Å². The smallest absolute Gasteiger partial charge is 0.320 e. The highest BCUT2D eigenvalue weighted by atomic mass is 16.4. The van der Waals surface area contributed by atoms with E-state index in [1.807, 2.05) is 24.3 Å². The molecular formula is C11H15NO2. The maximum atomic E-state index is 10.5. The SMILES string of the molecule is CCc1ccc(C[C@H](N)C(=O)O)cc1. The van der Waals surface area contributed by atoms with E-state index in [2.05, 4.69) is 6.92 Å². The van der Waals surface area contributed by atoms with E-state index in [-0.39, 0.29) is 0 Å². The molecule has 0 aromatic heterocycles. The average Bonchev–Trinajstić information content (AvgIpc) is 2.19. The second kappa shape index (κ2) is 4.77. The molecule has 14 heavy (non-hydrogen) atoms. The normalized spacial score (nSPS) is 12.4. The molecule has 0 saturated heterocycles. The van der Waals surface area contributed by atoms with Crippen molar-refractivity contribution >= 4 is 5.97 Å². The topological polar surface area (TPSA) is 63.3 Å². The molecule has 0 saturated carbocycles. The van der Waals surface area contributed by atoms with Crippen LogP contribution in [0.3, 0.4) is 0 Å². The largest absolute Gasteiger partial charge is 0.480 e. The third kappa shape index (κ3) is 2.85. The molecule has 0 radical (unpaired) electrons. The zero-order valence-electron chi connectivity index (χ0n) is 8.23. The molecular weight excluding hydrogens is 178 g/mol. The van der Waals surface area contributed by atoms with E-state index in [0.29, 0.717) is 6.42 Å². The van der Waals surface area contributed by atoms with Crippen molar-refractivity contribution in [2.24, 2.45) is 5.73 Å². The summed E-state index contributed by atoms with van der Waals surface area (Å²) < 4.78 is 0. The highest BCUT2D eigenvalue weighted by Gasteiger charge is 2.11. The van der Waals surface area contributed by atoms with Crippen molar-refractivity contribution < 1.29 is 9.90 Å². The quantitative estimate of drug-likeness (QED) is 0.755. The Bertz CT molecular complexity index is 306. The molecule has 1 rings (SSSR count). The number of carboxylic acid groups (broad SMARTS) is 1. The first kappa shape index (κ1) is 10.7. The molecule has 0 heterocycles. The monoisotopic (exact) mass is 193 g/mol. The summed E-state index contributed by atoms with van der Waals surface area (Å²) in [6.07, 6.45) is 1.38. The fourth-order valence-corrected chi connectivity index (χ4v) is 1.25. The average molecular weight is 193 g/mol. The highest BCUT2D eigenvalue weighted by Crippen LogP contribution is 2.06. The third-order valence-electron chi connectivity index (χ3n) is 2.20. The summed E-state index contributed by atoms with van der Waals surface area (Å²) in [6.45, 7) is 2.08. The van der Waals surface area contributed by atoms with E-state index in [9.17, 15) is 4.79 Å². The predicted octanol–water partition coefficient (Wildman–Crippen LogP) is 1.20. The Morgan fingerprint density at radius 1 is 1.36 bits per heavy atom. The number of hydrogen-bond acceptors (Lipinski definition) is 2. The number of rotatable bonds is 4. The molecule has 0 aliphatic carbocycles. The molecule has 0 amide bonds. The fourth-order valence-electron chi connectivity index (χ4n) is 1.25. The van der Waals surface area contributed by atoms with Crippen molar-refractivity contribution in [3.8, 4) is 0 Å². The third-order valence-corrected chi connectivity index (χ3v) is 2.20. The lowest BCUT2D eigenvalue weighted by atomic mass is 10.0. The number of benzene rings is 1. The van der Waals surface area contributed by atoms with Crippen molar-refractivity contribution in [2.45, 2.75) is 25.8 Å². The summed E-state index contributed by atoms with van der Waals surface area (Å²) in [5, 5.41) is 8.62. The van der Waals surface area contributed by atoms with Crippen LogP contribution in [0.1, 0.15) is 18.1 Å². The van der Waals surface area contributed by atoms with Gasteiger partial charge in [0, 0.05) is 0 Å². The molecule has 0 aliphatic rings. The van der Waals surface area contributed by atoms with Crippen molar-refractivity contribution in [1.29, 1.82) is 0 Å². The Labute approximate surface area is 83.6 Å². The molecule has 0 unspecified atom stereocenters. The second-order valence-electron chi connectivity index (χ2n) is 3.32. The molecule has 0 fully saturated rings. The molecule has 0 aliphatic heterocycles. The predicted molar refractivity (Wildman–Crippen MR) is 55.1 cm³/mol. The minimum atomic E-state index is -0.954. The van der Waals surface area contributed by atoms with Crippen LogP contribution in [0.5, 0.6) is 0 Å². The Balaban J connectivity index is 2.64. The van der Waals surface area contributed by atoms with Crippen molar-refractivity contribution in [3.05, 3.63) is 35.4 Å². The summed E-state index contributed by atoms with van der Waals surface area (Å²) in [6, 6.07) is 7.07. The lowest BCUT2D eigenvalue weighted by Gasteiger charge is -2.06. The van der Waals surface area contributed by atoms with Crippen LogP contribution in [0.4, 0.5) is 0 Å². The summed E-state index contributed by atoms with van der Waals surface area (Å²) in [4.78, 5) is 10.5. The van der Waals surface area contributed by atoms with Gasteiger partial charge in [-0.05, 0) is 24.0 Å². The highest BCUT2D eigenvalue weighted by molar-refractivity contribution is 5.73. The molecule has 3 nitrogen and oxygen atoms in total. The maximum Gasteiger partial charge on any atom is 0.320 e. The van der Waals surface area contributed by atoms with Gasteiger partial charge in [-0.3, -0.25) is 4.79 Å². The maximum absolute atomic E-state index is 10.5. The molecule has 3 N–H and O–H groups in total. The first-order chi connectivity index (χ1) is 6.63. The lowest BCUT2D eigenvalue weighted by Crippen LogP contribution is -2.32. The molecule has 0 spiro atoms. The molecule has 1 atom stereocenters. The van der Waals surface area contributed by atoms with Gasteiger partial charge < -0.3 is 10.8 Å². The van der Waals surface area contributed by atoms with Gasteiger partial charge in [-0.1, -0.05) is 31.2 Å². The van der Waals surface area contributed by atoms with Gasteiger partial charge in [0.05, 0.1) is 0 Å². The van der Waals surface area contributed by atoms with Crippen LogP contribution in [0.25, 0.3) is 0 Å². The van der Waals surface area contributed by atoms with Gasteiger partial charge in [-0.25, -0.2) is 0 Å². The van der Waals surface area contributed by atoms with Gasteiger partial charge in [-0.15, -0.1) is 0 Å². The van der Waals surface area contributed by atoms with E-state index in [1.165, 1.54) is 5.56 Å². The first-order valence-corrected chi connectivity index (χ1v) is 4.69. The second-order valence-corrected chi connectivity index (χ2v) is 3.32. The minimum absolute atomic E-state index is 0.388. The number of aliphatic carboxylic acids is 1. The fraction of sp³-hybridized carbons (Fsp3) is 0.364. The summed E-state index contributed by atoms with van der Waals surface area (Å²) in [5.74, 6) is -0.954. The Morgan fingerprint density at radius 2 is 1.86 bits per heavy atom. The number of nitrogens with two attached hydrogens (primary N) is 1. The van der Waals surface area contributed by atoms with Gasteiger partial charge in [0.15, 0.2) is 0 Å². The lowest BCUT2D eigenvalue weighted by molar-refractivity contribution is -0.138. The summed E-state index contributed by atoms with van der Waals surface area (Å²) >= 11 is 0. The summed E-state index contributed by atoms with van der Waals surface area (Å²) in [7, 11) is 0. The molecule has 1 aromatic rings. The van der Waals surface area contributed by atoms with Crippen LogP contribution in [-0.4, -0.2) is 17.1 Å². The van der Waals surface area contributed by atoms with E-state index in [0.717, 1.165) is 12.0 Å². The van der Waals surface area contributed by atoms with E-state index in [1.54, 1.807) is 0 Å². The number of carbonyl (C=O) groups is 1. The van der Waals surface area contributed by atoms with Crippen LogP contribution in [0.2, 0.25) is 0 Å². The van der Waals surface area contributed by atoms with Gasteiger partial charge in [0.2, 0.25) is 0 Å². The van der Waals surface area contributed by atoms with Gasteiger partial charge in [0.25, 0.3) is 0 Å². The van der Waals surface area contributed by atoms with Crippen molar-refractivity contribution in [3.63, 3.8) is 0 Å². The van der Waals surface area contributed by atoms with Gasteiger partial charge in [0.1, 0.15) is 6.04 Å². The summed E-state index contributed by atoms with van der Waals surface area (Å²) in [5.41, 5.74) is 7.64. The standard InChI is InChI=1S/C11H15NO2/c1-2-8-3-5-9(6-4-8)7-10(12)11(13)14/h3-6,10H,2,7,12H2,1H3,(H,13,14)/t10-/m0/s1. The Kier molecular flexibility index (Phi) is 3.65. The molecule has 3 heteroatoms. The van der Waals surface area contributed by atoms with E-state index < -0.39 is 12.0 Å². The van der Waals surface area contributed by atoms with Crippen LogP contribution < -0.4 is 5.73 Å². The van der Waals surface area contributed by atoms with E-state index >= 15 is 0 Å². The zero-order valence-corrected chi connectivity index (χ0v) is 8.23. The van der Waals surface area contributed by atoms with Gasteiger partial charge in [-0.2, -0.15) is 0 Å². The van der Waals surface area contributed by atoms with Gasteiger partial charge >= 0.3 is 5.97 Å². The number of aryl methyl sites for hydroxylation is 1.